The molecule has 2 atom stereocenters. The maximum atomic E-state index is 12.0. The average Bonchev–Trinajstić information content (AvgIpc) is 2.78. The van der Waals surface area contributed by atoms with Crippen molar-refractivity contribution in [2.75, 3.05) is 12.3 Å². The zero-order valence-electron chi connectivity index (χ0n) is 11.0. The van der Waals surface area contributed by atoms with E-state index in [9.17, 15) is 9.59 Å². The molecule has 0 saturated carbocycles. The number of unbranched alkanes of at least 4 members (excludes halogenated alkanes) is 2. The van der Waals surface area contributed by atoms with Crippen molar-refractivity contribution in [1.82, 2.24) is 10.2 Å². The molecule has 0 radical (unpaired) electrons. The SMILES string of the molecule is CCCCCNC(=O)N1C(CC)SCC1C(=O)O. The number of carboxylic acid groups (broad SMARTS) is 1. The van der Waals surface area contributed by atoms with E-state index in [1.54, 1.807) is 11.8 Å². The van der Waals surface area contributed by atoms with Crippen molar-refractivity contribution in [2.45, 2.75) is 50.9 Å². The van der Waals surface area contributed by atoms with Crippen LogP contribution in [0.4, 0.5) is 4.79 Å². The molecule has 1 heterocycles. The van der Waals surface area contributed by atoms with Crippen molar-refractivity contribution in [3.05, 3.63) is 0 Å². The number of carbonyl (C=O) groups excluding carboxylic acids is 1. The van der Waals surface area contributed by atoms with Crippen LogP contribution in [0.3, 0.4) is 0 Å². The summed E-state index contributed by atoms with van der Waals surface area (Å²) in [6, 6.07) is -0.929. The minimum atomic E-state index is -0.915. The molecular weight excluding hydrogens is 252 g/mol. The minimum Gasteiger partial charge on any atom is -0.480 e. The third-order valence-electron chi connectivity index (χ3n) is 3.02. The summed E-state index contributed by atoms with van der Waals surface area (Å²) in [7, 11) is 0. The number of hydrogen-bond donors (Lipinski definition) is 2. The van der Waals surface area contributed by atoms with Gasteiger partial charge in [-0.2, -0.15) is 0 Å². The number of nitrogens with one attached hydrogen (secondary N) is 1. The van der Waals surface area contributed by atoms with E-state index in [0.29, 0.717) is 12.3 Å². The molecule has 18 heavy (non-hydrogen) atoms. The quantitative estimate of drug-likeness (QED) is 0.728. The molecule has 5 nitrogen and oxygen atoms in total. The van der Waals surface area contributed by atoms with Crippen LogP contribution in [0, 0.1) is 0 Å². The predicted octanol–water partition coefficient (Wildman–Crippen LogP) is 2.12. The molecular formula is C12H22N2O3S. The second-order valence-electron chi connectivity index (χ2n) is 4.40. The van der Waals surface area contributed by atoms with E-state index >= 15 is 0 Å². The van der Waals surface area contributed by atoms with Crippen molar-refractivity contribution < 1.29 is 14.7 Å². The summed E-state index contributed by atoms with van der Waals surface area (Å²) in [4.78, 5) is 24.6. The van der Waals surface area contributed by atoms with Gasteiger partial charge in [0.15, 0.2) is 0 Å². The van der Waals surface area contributed by atoms with Crippen LogP contribution in [-0.2, 0) is 4.79 Å². The van der Waals surface area contributed by atoms with Gasteiger partial charge in [0.05, 0.1) is 5.37 Å². The molecule has 0 aromatic heterocycles. The summed E-state index contributed by atoms with van der Waals surface area (Å²) in [6.45, 7) is 4.70. The molecule has 6 heteroatoms. The van der Waals surface area contributed by atoms with Crippen LogP contribution in [0.25, 0.3) is 0 Å². The first kappa shape index (κ1) is 15.1. The highest BCUT2D eigenvalue weighted by Gasteiger charge is 2.40. The number of nitrogens with zero attached hydrogens (tertiary/aromatic N) is 1. The van der Waals surface area contributed by atoms with Crippen LogP contribution in [0.2, 0.25) is 0 Å². The van der Waals surface area contributed by atoms with Gasteiger partial charge in [0.2, 0.25) is 0 Å². The van der Waals surface area contributed by atoms with Gasteiger partial charge >= 0.3 is 12.0 Å². The molecule has 2 N–H and O–H groups in total. The topological polar surface area (TPSA) is 69.6 Å². The Morgan fingerprint density at radius 2 is 2.11 bits per heavy atom. The van der Waals surface area contributed by atoms with Gasteiger partial charge in [-0.05, 0) is 12.8 Å². The summed E-state index contributed by atoms with van der Waals surface area (Å²) >= 11 is 1.54. The van der Waals surface area contributed by atoms with Crippen molar-refractivity contribution in [3.63, 3.8) is 0 Å². The maximum absolute atomic E-state index is 12.0. The summed E-state index contributed by atoms with van der Waals surface area (Å²) in [5, 5.41) is 11.9. The second-order valence-corrected chi connectivity index (χ2v) is 5.61. The Balaban J connectivity index is 2.52. The van der Waals surface area contributed by atoms with E-state index in [1.165, 1.54) is 4.90 Å². The number of hydrogen-bond acceptors (Lipinski definition) is 3. The fraction of sp³-hybridized carbons (Fsp3) is 0.833. The Morgan fingerprint density at radius 1 is 1.39 bits per heavy atom. The van der Waals surface area contributed by atoms with Crippen LogP contribution in [-0.4, -0.2) is 45.7 Å². The first-order valence-electron chi connectivity index (χ1n) is 6.52. The fourth-order valence-electron chi connectivity index (χ4n) is 2.00. The molecule has 104 valence electrons. The van der Waals surface area contributed by atoms with Gasteiger partial charge in [-0.15, -0.1) is 11.8 Å². The Bertz CT molecular complexity index is 299. The largest absolute Gasteiger partial charge is 0.480 e. The molecule has 1 rings (SSSR count). The number of carboxylic acids is 1. The van der Waals surface area contributed by atoms with Crippen LogP contribution >= 0.6 is 11.8 Å². The van der Waals surface area contributed by atoms with Crippen LogP contribution < -0.4 is 5.32 Å². The van der Waals surface area contributed by atoms with E-state index in [0.717, 1.165) is 25.7 Å². The molecule has 1 fully saturated rings. The Hall–Kier alpha value is -0.910. The lowest BCUT2D eigenvalue weighted by Gasteiger charge is -2.26. The molecule has 2 amide bonds. The lowest BCUT2D eigenvalue weighted by molar-refractivity contribution is -0.141. The summed E-state index contributed by atoms with van der Waals surface area (Å²) in [5.41, 5.74) is 0. The smallest absolute Gasteiger partial charge is 0.327 e. The standard InChI is InChI=1S/C12H22N2O3S/c1-3-5-6-7-13-12(17)14-9(11(15)16)8-18-10(14)4-2/h9-10H,3-8H2,1-2H3,(H,13,17)(H,15,16). The zero-order chi connectivity index (χ0) is 13.5. The van der Waals surface area contributed by atoms with Gasteiger partial charge < -0.3 is 10.4 Å². The second kappa shape index (κ2) is 7.51. The van der Waals surface area contributed by atoms with Gasteiger partial charge in [0.25, 0.3) is 0 Å². The molecule has 1 aliphatic heterocycles. The van der Waals surface area contributed by atoms with Crippen molar-refractivity contribution in [2.24, 2.45) is 0 Å². The minimum absolute atomic E-state index is 0.0164. The number of amides is 2. The van der Waals surface area contributed by atoms with Gasteiger partial charge in [0, 0.05) is 12.3 Å². The lowest BCUT2D eigenvalue weighted by atomic mass is 10.2. The highest BCUT2D eigenvalue weighted by Crippen LogP contribution is 2.31. The van der Waals surface area contributed by atoms with E-state index in [2.05, 4.69) is 12.2 Å². The Kier molecular flexibility index (Phi) is 6.32. The summed E-state index contributed by atoms with van der Waals surface area (Å²) < 4.78 is 0. The third kappa shape index (κ3) is 3.80. The maximum Gasteiger partial charge on any atom is 0.327 e. The highest BCUT2D eigenvalue weighted by molar-refractivity contribution is 8.00. The normalized spacial score (nSPS) is 23.1. The molecule has 0 aromatic rings. The first-order valence-corrected chi connectivity index (χ1v) is 7.57. The van der Waals surface area contributed by atoms with Gasteiger partial charge in [0.1, 0.15) is 6.04 Å². The average molecular weight is 274 g/mol. The molecule has 0 spiro atoms. The summed E-state index contributed by atoms with van der Waals surface area (Å²) in [6.07, 6.45) is 3.90. The van der Waals surface area contributed by atoms with E-state index in [-0.39, 0.29) is 11.4 Å². The Morgan fingerprint density at radius 3 is 2.67 bits per heavy atom. The van der Waals surface area contributed by atoms with Gasteiger partial charge in [-0.1, -0.05) is 26.7 Å². The number of thioether (sulfide) groups is 1. The first-order chi connectivity index (χ1) is 8.61. The number of rotatable bonds is 6. The molecule has 1 aliphatic rings. The van der Waals surface area contributed by atoms with Gasteiger partial charge in [-0.3, -0.25) is 4.90 Å². The van der Waals surface area contributed by atoms with E-state index in [1.807, 2.05) is 6.92 Å². The van der Waals surface area contributed by atoms with Crippen LogP contribution in [0.5, 0.6) is 0 Å². The lowest BCUT2D eigenvalue weighted by Crippen LogP contribution is -2.50. The number of urea groups is 1. The fourth-order valence-corrected chi connectivity index (χ4v) is 3.35. The monoisotopic (exact) mass is 274 g/mol. The highest BCUT2D eigenvalue weighted by atomic mass is 32.2. The van der Waals surface area contributed by atoms with Crippen LogP contribution in [0.15, 0.2) is 0 Å². The Labute approximate surface area is 112 Å². The van der Waals surface area contributed by atoms with E-state index in [4.69, 9.17) is 5.11 Å². The molecule has 1 saturated heterocycles. The number of aliphatic carboxylic acids is 1. The molecule has 0 aromatic carbocycles. The van der Waals surface area contributed by atoms with Crippen molar-refractivity contribution in [3.8, 4) is 0 Å². The van der Waals surface area contributed by atoms with Crippen LogP contribution in [0.1, 0.15) is 39.5 Å². The van der Waals surface area contributed by atoms with Gasteiger partial charge in [-0.25, -0.2) is 9.59 Å². The van der Waals surface area contributed by atoms with Crippen molar-refractivity contribution in [1.29, 1.82) is 0 Å². The predicted molar refractivity (Wildman–Crippen MR) is 72.7 cm³/mol. The summed E-state index contributed by atoms with van der Waals surface area (Å²) in [5.74, 6) is -0.432. The zero-order valence-corrected chi connectivity index (χ0v) is 11.8. The van der Waals surface area contributed by atoms with Crippen molar-refractivity contribution >= 4 is 23.8 Å². The molecule has 0 aliphatic carbocycles. The molecule has 2 unspecified atom stereocenters. The third-order valence-corrected chi connectivity index (χ3v) is 4.47. The number of carbonyl (C=O) groups is 2. The molecule has 0 bridgehead atoms. The van der Waals surface area contributed by atoms with E-state index < -0.39 is 12.0 Å².